The first-order valence-corrected chi connectivity index (χ1v) is 31.7. The average molecular weight is 1170 g/mol. The molecule has 0 radical (unpaired) electrons. The molecule has 0 bridgehead atoms. The van der Waals surface area contributed by atoms with Gasteiger partial charge in [-0.1, -0.05) is 104 Å². The maximum Gasteiger partial charge on any atom is 0.303 e. The maximum atomic E-state index is 15.1. The van der Waals surface area contributed by atoms with Crippen molar-refractivity contribution in [2.45, 2.75) is 228 Å². The summed E-state index contributed by atoms with van der Waals surface area (Å²) in [5, 5.41) is 58.3. The molecule has 16 heteroatoms. The Bertz CT molecular complexity index is 2750. The number of aliphatic hydroxyl groups excluding tert-OH is 4. The van der Waals surface area contributed by atoms with E-state index < -0.39 is 88.0 Å². The van der Waals surface area contributed by atoms with Crippen molar-refractivity contribution < 1.29 is 72.8 Å². The Balaban J connectivity index is 0.858. The van der Waals surface area contributed by atoms with Gasteiger partial charge in [0.05, 0.1) is 37.6 Å². The van der Waals surface area contributed by atoms with Gasteiger partial charge in [-0.15, -0.1) is 0 Å². The third-order valence-electron chi connectivity index (χ3n) is 23.9. The number of nitrogens with zero attached hydrogens (tertiary/aromatic N) is 1. The molecule has 5 unspecified atom stereocenters. The van der Waals surface area contributed by atoms with Crippen LogP contribution < -0.4 is 0 Å². The first kappa shape index (κ1) is 64.6. The molecular formula is C68H99NO15. The van der Waals surface area contributed by atoms with Crippen LogP contribution in [-0.2, 0) is 52.4 Å². The van der Waals surface area contributed by atoms with Crippen molar-refractivity contribution in [2.75, 3.05) is 33.5 Å². The summed E-state index contributed by atoms with van der Waals surface area (Å²) in [6, 6.07) is 2.20. The summed E-state index contributed by atoms with van der Waals surface area (Å²) in [4.78, 5) is 68.2. The zero-order chi connectivity index (χ0) is 61.4. The summed E-state index contributed by atoms with van der Waals surface area (Å²) >= 11 is 0. The minimum absolute atomic E-state index is 0.0291. The first-order valence-electron chi connectivity index (χ1n) is 31.7. The SMILES string of the molecule is COC[C@H]1CC[C@@H]2/C1=C\[C@]1(C)C(=C([C@H](C)COC(C)=O)C[C@@H]1O)[C@@H](OC1OC(COCCCCCCC(=O)[C@]34CCC(C)(C)C[C@H]3[C@H]3C(=O)C=C5[C@@]6(C)C=C(C#N)C(=O)C(C)(C)[C@@H]6CC[C@@]5(C)[C@]3(C)CC4)C(O)C(OC(C)=O)C1O)[C@H](O)[C@@H]2C. The van der Waals surface area contributed by atoms with E-state index in [-0.39, 0.29) is 101 Å². The van der Waals surface area contributed by atoms with Crippen LogP contribution in [-0.4, -0.2) is 132 Å². The molecular weight excluding hydrogens is 1070 g/mol. The Morgan fingerprint density at radius 1 is 0.833 bits per heavy atom. The van der Waals surface area contributed by atoms with Crippen LogP contribution in [0.5, 0.6) is 0 Å². The molecule has 0 amide bonds. The third kappa shape index (κ3) is 10.9. The lowest BCUT2D eigenvalue weighted by molar-refractivity contribution is -0.318. The molecule has 4 saturated carbocycles. The molecule has 0 spiro atoms. The highest BCUT2D eigenvalue weighted by molar-refractivity contribution is 6.04. The minimum atomic E-state index is -1.69. The van der Waals surface area contributed by atoms with E-state index in [1.165, 1.54) is 13.8 Å². The Morgan fingerprint density at radius 2 is 1.54 bits per heavy atom. The van der Waals surface area contributed by atoms with E-state index in [1.807, 2.05) is 46.8 Å². The number of carbonyl (C=O) groups is 5. The van der Waals surface area contributed by atoms with E-state index in [2.05, 4.69) is 46.8 Å². The molecule has 9 rings (SSSR count). The van der Waals surface area contributed by atoms with Gasteiger partial charge in [0, 0.05) is 73.4 Å². The zero-order valence-corrected chi connectivity index (χ0v) is 52.6. The fourth-order valence-corrected chi connectivity index (χ4v) is 18.9. The molecule has 1 saturated heterocycles. The van der Waals surface area contributed by atoms with Crippen molar-refractivity contribution in [3.05, 3.63) is 46.1 Å². The van der Waals surface area contributed by atoms with Crippen molar-refractivity contribution in [3.63, 3.8) is 0 Å². The van der Waals surface area contributed by atoms with Crippen molar-refractivity contribution in [3.8, 4) is 6.07 Å². The van der Waals surface area contributed by atoms with Gasteiger partial charge in [-0.25, -0.2) is 0 Å². The number of carbonyl (C=O) groups excluding carboxylic acids is 5. The largest absolute Gasteiger partial charge is 0.465 e. The number of ether oxygens (including phenoxy) is 6. The second-order valence-electron chi connectivity index (χ2n) is 29.7. The zero-order valence-electron chi connectivity index (χ0n) is 52.6. The van der Waals surface area contributed by atoms with E-state index in [0.29, 0.717) is 31.4 Å². The molecule has 0 aromatic carbocycles. The second-order valence-corrected chi connectivity index (χ2v) is 29.7. The molecule has 0 aromatic rings. The van der Waals surface area contributed by atoms with Gasteiger partial charge in [-0.3, -0.25) is 24.0 Å². The molecule has 1 aliphatic heterocycles. The molecule has 9 aliphatic rings. The lowest BCUT2D eigenvalue weighted by Gasteiger charge is -2.69. The van der Waals surface area contributed by atoms with E-state index in [1.54, 1.807) is 7.11 Å². The lowest BCUT2D eigenvalue weighted by atomic mass is 9.34. The van der Waals surface area contributed by atoms with Gasteiger partial charge >= 0.3 is 11.9 Å². The Kier molecular flexibility index (Phi) is 18.4. The van der Waals surface area contributed by atoms with Gasteiger partial charge in [0.15, 0.2) is 24.0 Å². The monoisotopic (exact) mass is 1170 g/mol. The number of allylic oxidation sites excluding steroid dienone is 4. The summed E-state index contributed by atoms with van der Waals surface area (Å²) in [7, 11) is 1.67. The predicted molar refractivity (Wildman–Crippen MR) is 312 cm³/mol. The topological polar surface area (TPSA) is 245 Å². The number of Topliss-reactive ketones (excluding diaryl/α,β-unsaturated/α-hetero) is 2. The first-order chi connectivity index (χ1) is 39.4. The highest BCUT2D eigenvalue weighted by Crippen LogP contribution is 2.75. The predicted octanol–water partition coefficient (Wildman–Crippen LogP) is 9.38. The summed E-state index contributed by atoms with van der Waals surface area (Å²) in [5.41, 5.74) is -0.140. The van der Waals surface area contributed by atoms with E-state index in [9.17, 15) is 44.9 Å². The Hall–Kier alpha value is -3.92. The molecule has 16 nitrogen and oxygen atoms in total. The summed E-state index contributed by atoms with van der Waals surface area (Å²) in [5.74, 6) is -2.14. The van der Waals surface area contributed by atoms with Crippen molar-refractivity contribution in [1.29, 1.82) is 5.26 Å². The van der Waals surface area contributed by atoms with Crippen molar-refractivity contribution in [2.24, 2.45) is 79.3 Å². The molecule has 8 aliphatic carbocycles. The quantitative estimate of drug-likeness (QED) is 0.0567. The number of esters is 2. The van der Waals surface area contributed by atoms with E-state index in [0.717, 1.165) is 87.3 Å². The summed E-state index contributed by atoms with van der Waals surface area (Å²) < 4.78 is 36.0. The van der Waals surface area contributed by atoms with Crippen LogP contribution >= 0.6 is 0 Å². The third-order valence-corrected chi connectivity index (χ3v) is 23.9. The fraction of sp³-hybridized carbons (Fsp3) is 0.794. The smallest absolute Gasteiger partial charge is 0.303 e. The molecule has 1 heterocycles. The standard InChI is InChI=1S/C68H99NO15/c1-37(34-81-39(3)70)44-28-52(74)65(10)31-45-41(35-79-13)19-20-43(45)38(2)55(75)58(53(44)65)84-61-57(77)59(82-40(4)71)56(76)48(83-61)36-80-27-17-15-14-16-18-51(73)68-25-23-62(5,6)32-46(68)54-47(72)29-50-64(9)30-42(33-69)60(78)63(7,8)49(64)21-22-66(50,11)67(54,12)24-26-68/h29-31,37-38,41,43,46,48-49,52,54-59,61,74-77H,14-28,32,34-36H2,1-13H3/b45-31-/t37-,38-,41-,43+,46+,48?,49+,52+,54+,55-,56?,57?,58-,59?,61?,64+,65+,66-,67-,68+/m1/s1. The number of hydrogen-bond acceptors (Lipinski definition) is 16. The maximum absolute atomic E-state index is 15.1. The lowest BCUT2D eigenvalue weighted by Crippen LogP contribution is -2.65. The highest BCUT2D eigenvalue weighted by atomic mass is 16.7. The summed E-state index contributed by atoms with van der Waals surface area (Å²) in [6.45, 7) is 24.2. The van der Waals surface area contributed by atoms with Crippen LogP contribution in [0.25, 0.3) is 0 Å². The average Bonchev–Trinajstić information content (AvgIpc) is 1.48. The number of rotatable bonds is 18. The van der Waals surface area contributed by atoms with Gasteiger partial charge < -0.3 is 48.8 Å². The van der Waals surface area contributed by atoms with Crippen LogP contribution in [0, 0.1) is 90.7 Å². The van der Waals surface area contributed by atoms with Crippen LogP contribution in [0.4, 0.5) is 0 Å². The van der Waals surface area contributed by atoms with Crippen LogP contribution in [0.2, 0.25) is 0 Å². The van der Waals surface area contributed by atoms with Gasteiger partial charge in [0.25, 0.3) is 0 Å². The molecule has 5 fully saturated rings. The van der Waals surface area contributed by atoms with Crippen molar-refractivity contribution >= 4 is 29.3 Å². The number of nitriles is 1. The van der Waals surface area contributed by atoms with Gasteiger partial charge in [0.1, 0.15) is 36.3 Å². The van der Waals surface area contributed by atoms with E-state index in [4.69, 9.17) is 28.4 Å². The van der Waals surface area contributed by atoms with Crippen LogP contribution in [0.3, 0.4) is 0 Å². The molecule has 20 atom stereocenters. The normalized spacial score (nSPS) is 43.0. The highest BCUT2D eigenvalue weighted by Gasteiger charge is 2.71. The Labute approximate surface area is 498 Å². The van der Waals surface area contributed by atoms with Gasteiger partial charge in [0.2, 0.25) is 0 Å². The van der Waals surface area contributed by atoms with Gasteiger partial charge in [-0.2, -0.15) is 5.26 Å². The molecule has 466 valence electrons. The number of methoxy groups -OCH3 is 1. The molecule has 0 aromatic heterocycles. The number of aliphatic hydroxyl groups is 4. The second kappa shape index (κ2) is 23.9. The number of unbranched alkanes of at least 4 members (excludes halogenated alkanes) is 3. The Morgan fingerprint density at radius 3 is 2.21 bits per heavy atom. The number of ketones is 3. The van der Waals surface area contributed by atoms with E-state index >= 15 is 4.79 Å². The van der Waals surface area contributed by atoms with Crippen LogP contribution in [0.15, 0.2) is 46.1 Å². The fourth-order valence-electron chi connectivity index (χ4n) is 18.9. The molecule has 84 heavy (non-hydrogen) atoms. The molecule has 4 N–H and O–H groups in total. The van der Waals surface area contributed by atoms with Crippen LogP contribution in [0.1, 0.15) is 179 Å². The number of hydrogen-bond donors (Lipinski definition) is 4. The summed E-state index contributed by atoms with van der Waals surface area (Å²) in [6.07, 6.45) is 6.07. The van der Waals surface area contributed by atoms with Crippen molar-refractivity contribution in [1.82, 2.24) is 0 Å². The van der Waals surface area contributed by atoms with Gasteiger partial charge in [-0.05, 0) is 136 Å². The number of fused-ring (bicyclic) bond motifs is 9. The minimum Gasteiger partial charge on any atom is -0.465 e.